The summed E-state index contributed by atoms with van der Waals surface area (Å²) in [6, 6.07) is 6.14. The number of ether oxygens (including phenoxy) is 1. The van der Waals surface area contributed by atoms with Crippen LogP contribution in [0.4, 0.5) is 0 Å². The van der Waals surface area contributed by atoms with E-state index in [0.29, 0.717) is 0 Å². The first kappa shape index (κ1) is 12.4. The van der Waals surface area contributed by atoms with Gasteiger partial charge in [-0.25, -0.2) is 0 Å². The molecule has 0 fully saturated rings. The standard InChI is InChI=1S/C14H21NO2/c1-4-15-12(9-16)11-7-5-6-10-8-14(2,3)17-13(10)11/h5-7,12,15-16H,4,8-9H2,1-3H3. The molecule has 3 nitrogen and oxygen atoms in total. The molecule has 0 radical (unpaired) electrons. The van der Waals surface area contributed by atoms with Crippen molar-refractivity contribution in [1.29, 1.82) is 0 Å². The second-order valence-electron chi connectivity index (χ2n) is 5.17. The van der Waals surface area contributed by atoms with E-state index in [0.717, 1.165) is 24.3 Å². The summed E-state index contributed by atoms with van der Waals surface area (Å²) in [6.45, 7) is 7.15. The monoisotopic (exact) mass is 235 g/mol. The van der Waals surface area contributed by atoms with E-state index in [1.165, 1.54) is 5.56 Å². The van der Waals surface area contributed by atoms with E-state index in [1.807, 2.05) is 19.1 Å². The summed E-state index contributed by atoms with van der Waals surface area (Å²) in [7, 11) is 0. The summed E-state index contributed by atoms with van der Waals surface area (Å²) in [4.78, 5) is 0. The largest absolute Gasteiger partial charge is 0.487 e. The van der Waals surface area contributed by atoms with Crippen LogP contribution in [0.3, 0.4) is 0 Å². The highest BCUT2D eigenvalue weighted by atomic mass is 16.5. The van der Waals surface area contributed by atoms with Gasteiger partial charge in [-0.2, -0.15) is 0 Å². The van der Waals surface area contributed by atoms with Crippen LogP contribution >= 0.6 is 0 Å². The zero-order valence-corrected chi connectivity index (χ0v) is 10.8. The van der Waals surface area contributed by atoms with Gasteiger partial charge in [0.1, 0.15) is 11.4 Å². The molecular weight excluding hydrogens is 214 g/mol. The maximum atomic E-state index is 9.45. The molecule has 2 rings (SSSR count). The molecule has 0 amide bonds. The number of likely N-dealkylation sites (N-methyl/N-ethyl adjacent to an activating group) is 1. The Kier molecular flexibility index (Phi) is 3.40. The number of fused-ring (bicyclic) bond motifs is 1. The lowest BCUT2D eigenvalue weighted by atomic mass is 9.98. The van der Waals surface area contributed by atoms with Gasteiger partial charge in [0.05, 0.1) is 12.6 Å². The quantitative estimate of drug-likeness (QED) is 0.839. The van der Waals surface area contributed by atoms with E-state index >= 15 is 0 Å². The van der Waals surface area contributed by atoms with Crippen LogP contribution in [0.15, 0.2) is 18.2 Å². The molecule has 1 heterocycles. The van der Waals surface area contributed by atoms with Crippen molar-refractivity contribution in [2.75, 3.05) is 13.2 Å². The summed E-state index contributed by atoms with van der Waals surface area (Å²) >= 11 is 0. The van der Waals surface area contributed by atoms with Gasteiger partial charge in [0.15, 0.2) is 0 Å². The van der Waals surface area contributed by atoms with Crippen LogP contribution in [0.25, 0.3) is 0 Å². The lowest BCUT2D eigenvalue weighted by Gasteiger charge is -2.21. The van der Waals surface area contributed by atoms with Crippen LogP contribution in [0.2, 0.25) is 0 Å². The van der Waals surface area contributed by atoms with E-state index in [-0.39, 0.29) is 18.2 Å². The number of hydrogen-bond donors (Lipinski definition) is 2. The third kappa shape index (κ3) is 2.45. The maximum Gasteiger partial charge on any atom is 0.128 e. The third-order valence-corrected chi connectivity index (χ3v) is 3.13. The molecular formula is C14H21NO2. The first-order valence-corrected chi connectivity index (χ1v) is 6.22. The summed E-state index contributed by atoms with van der Waals surface area (Å²) in [6.07, 6.45) is 0.931. The van der Waals surface area contributed by atoms with E-state index < -0.39 is 0 Å². The second kappa shape index (κ2) is 4.67. The third-order valence-electron chi connectivity index (χ3n) is 3.13. The van der Waals surface area contributed by atoms with Gasteiger partial charge < -0.3 is 15.2 Å². The Labute approximate surface area is 103 Å². The van der Waals surface area contributed by atoms with Crippen LogP contribution in [-0.4, -0.2) is 23.9 Å². The first-order chi connectivity index (χ1) is 8.07. The lowest BCUT2D eigenvalue weighted by molar-refractivity contribution is 0.135. The molecule has 1 atom stereocenters. The number of aliphatic hydroxyl groups excluding tert-OH is 1. The van der Waals surface area contributed by atoms with Gasteiger partial charge >= 0.3 is 0 Å². The Morgan fingerprint density at radius 2 is 2.24 bits per heavy atom. The van der Waals surface area contributed by atoms with Crippen LogP contribution in [0.1, 0.15) is 37.9 Å². The smallest absolute Gasteiger partial charge is 0.128 e. The molecule has 1 aromatic carbocycles. The molecule has 0 saturated heterocycles. The zero-order valence-electron chi connectivity index (χ0n) is 10.8. The number of aliphatic hydroxyl groups is 1. The van der Waals surface area contributed by atoms with E-state index in [2.05, 4.69) is 25.2 Å². The van der Waals surface area contributed by atoms with Gasteiger partial charge in [0.2, 0.25) is 0 Å². The molecule has 94 valence electrons. The molecule has 1 unspecified atom stereocenters. The molecule has 3 heteroatoms. The molecule has 2 N–H and O–H groups in total. The summed E-state index contributed by atoms with van der Waals surface area (Å²) in [5, 5.41) is 12.7. The van der Waals surface area contributed by atoms with Gasteiger partial charge in [-0.1, -0.05) is 25.1 Å². The van der Waals surface area contributed by atoms with Crippen molar-refractivity contribution >= 4 is 0 Å². The van der Waals surface area contributed by atoms with Crippen molar-refractivity contribution in [3.8, 4) is 5.75 Å². The van der Waals surface area contributed by atoms with E-state index in [1.54, 1.807) is 0 Å². The predicted octanol–water partition coefficient (Wildman–Crippen LogP) is 2.04. The van der Waals surface area contributed by atoms with Gasteiger partial charge in [-0.05, 0) is 26.0 Å². The van der Waals surface area contributed by atoms with Crippen LogP contribution in [0, 0.1) is 0 Å². The van der Waals surface area contributed by atoms with Crippen LogP contribution in [0.5, 0.6) is 5.75 Å². The average Bonchev–Trinajstić information content (AvgIpc) is 2.59. The van der Waals surface area contributed by atoms with Crippen LogP contribution < -0.4 is 10.1 Å². The highest BCUT2D eigenvalue weighted by Crippen LogP contribution is 2.39. The van der Waals surface area contributed by atoms with Gasteiger partial charge in [-0.15, -0.1) is 0 Å². The Balaban J connectivity index is 2.34. The molecule has 1 aliphatic rings. The molecule has 1 aliphatic heterocycles. The van der Waals surface area contributed by atoms with Crippen molar-refractivity contribution in [3.63, 3.8) is 0 Å². The van der Waals surface area contributed by atoms with Crippen molar-refractivity contribution in [1.82, 2.24) is 5.32 Å². The fraction of sp³-hybridized carbons (Fsp3) is 0.571. The topological polar surface area (TPSA) is 41.5 Å². The highest BCUT2D eigenvalue weighted by Gasteiger charge is 2.32. The minimum Gasteiger partial charge on any atom is -0.487 e. The average molecular weight is 235 g/mol. The van der Waals surface area contributed by atoms with Crippen molar-refractivity contribution in [2.45, 2.75) is 38.8 Å². The Morgan fingerprint density at radius 1 is 1.47 bits per heavy atom. The Morgan fingerprint density at radius 3 is 2.88 bits per heavy atom. The van der Waals surface area contributed by atoms with Crippen molar-refractivity contribution in [2.24, 2.45) is 0 Å². The number of benzene rings is 1. The summed E-state index contributed by atoms with van der Waals surface area (Å²) < 4.78 is 6.00. The number of para-hydroxylation sites is 1. The molecule has 1 aromatic rings. The van der Waals surface area contributed by atoms with E-state index in [4.69, 9.17) is 4.74 Å². The molecule has 0 aromatic heterocycles. The predicted molar refractivity (Wildman–Crippen MR) is 68.4 cm³/mol. The fourth-order valence-electron chi connectivity index (χ4n) is 2.43. The molecule has 17 heavy (non-hydrogen) atoms. The second-order valence-corrected chi connectivity index (χ2v) is 5.17. The lowest BCUT2D eigenvalue weighted by Crippen LogP contribution is -2.27. The number of nitrogens with one attached hydrogen (secondary N) is 1. The van der Waals surface area contributed by atoms with Gasteiger partial charge in [0, 0.05) is 12.0 Å². The van der Waals surface area contributed by atoms with Gasteiger partial charge in [-0.3, -0.25) is 0 Å². The normalized spacial score (nSPS) is 18.6. The number of hydrogen-bond acceptors (Lipinski definition) is 3. The van der Waals surface area contributed by atoms with Gasteiger partial charge in [0.25, 0.3) is 0 Å². The zero-order chi connectivity index (χ0) is 12.5. The number of rotatable bonds is 4. The minimum atomic E-state index is -0.134. The maximum absolute atomic E-state index is 9.45. The fourth-order valence-corrected chi connectivity index (χ4v) is 2.43. The SMILES string of the molecule is CCNC(CO)c1cccc2c1OC(C)(C)C2. The van der Waals surface area contributed by atoms with Crippen molar-refractivity contribution in [3.05, 3.63) is 29.3 Å². The molecule has 0 spiro atoms. The molecule has 0 bridgehead atoms. The minimum absolute atomic E-state index is 0.0381. The summed E-state index contributed by atoms with van der Waals surface area (Å²) in [5.74, 6) is 0.956. The van der Waals surface area contributed by atoms with Crippen LogP contribution in [-0.2, 0) is 6.42 Å². The molecule has 0 saturated carbocycles. The Bertz CT molecular complexity index is 401. The summed E-state index contributed by atoms with van der Waals surface area (Å²) in [5.41, 5.74) is 2.17. The first-order valence-electron chi connectivity index (χ1n) is 6.22. The highest BCUT2D eigenvalue weighted by molar-refractivity contribution is 5.47. The Hall–Kier alpha value is -1.06. The van der Waals surface area contributed by atoms with Crippen molar-refractivity contribution < 1.29 is 9.84 Å². The molecule has 0 aliphatic carbocycles. The van der Waals surface area contributed by atoms with E-state index in [9.17, 15) is 5.11 Å².